The Balaban J connectivity index is 1.30. The van der Waals surface area contributed by atoms with Crippen LogP contribution in [-0.2, 0) is 6.42 Å². The zero-order valence-corrected chi connectivity index (χ0v) is 17.8. The molecule has 1 N–H and O–H groups in total. The van der Waals surface area contributed by atoms with Crippen LogP contribution in [0.15, 0.2) is 42.6 Å². The number of aromatic amines is 1. The van der Waals surface area contributed by atoms with Crippen LogP contribution in [0.25, 0.3) is 0 Å². The molecule has 2 fully saturated rings. The van der Waals surface area contributed by atoms with Gasteiger partial charge in [-0.3, -0.25) is 4.79 Å². The van der Waals surface area contributed by atoms with Gasteiger partial charge in [-0.15, -0.1) is 0 Å². The van der Waals surface area contributed by atoms with Gasteiger partial charge in [0.05, 0.1) is 0 Å². The van der Waals surface area contributed by atoms with Gasteiger partial charge in [0, 0.05) is 25.3 Å². The number of nitrogens with one attached hydrogen (secondary N) is 1. The zero-order chi connectivity index (χ0) is 20.1. The number of hydrogen-bond acceptors (Lipinski definition) is 2. The summed E-state index contributed by atoms with van der Waals surface area (Å²) in [5.74, 6) is 0.827. The van der Waals surface area contributed by atoms with Crippen molar-refractivity contribution in [2.45, 2.75) is 57.9 Å². The minimum Gasteiger partial charge on any atom is -0.357 e. The van der Waals surface area contributed by atoms with E-state index in [1.165, 1.54) is 49.7 Å². The second-order valence-corrected chi connectivity index (χ2v) is 8.94. The van der Waals surface area contributed by atoms with Crippen molar-refractivity contribution in [2.24, 2.45) is 5.92 Å². The molecular formula is C25H35N3O. The van der Waals surface area contributed by atoms with E-state index in [1.807, 2.05) is 18.3 Å². The van der Waals surface area contributed by atoms with E-state index in [0.717, 1.165) is 38.3 Å². The number of nitrogens with zero attached hydrogens (tertiary/aromatic N) is 2. The minimum atomic E-state index is 0.198. The first-order valence-corrected chi connectivity index (χ1v) is 11.4. The molecule has 2 heterocycles. The Bertz CT molecular complexity index is 771. The number of rotatable bonds is 7. The van der Waals surface area contributed by atoms with E-state index in [1.54, 1.807) is 0 Å². The number of benzene rings is 1. The van der Waals surface area contributed by atoms with Gasteiger partial charge in [-0.25, -0.2) is 0 Å². The lowest BCUT2D eigenvalue weighted by atomic mass is 9.94. The molecule has 4 heteroatoms. The maximum absolute atomic E-state index is 13.1. The molecule has 4 nitrogen and oxygen atoms in total. The van der Waals surface area contributed by atoms with Gasteiger partial charge in [0.1, 0.15) is 5.69 Å². The lowest BCUT2D eigenvalue weighted by molar-refractivity contribution is 0.0593. The van der Waals surface area contributed by atoms with Gasteiger partial charge in [-0.1, -0.05) is 37.1 Å². The first-order valence-electron chi connectivity index (χ1n) is 11.4. The molecule has 2 aromatic rings. The molecule has 29 heavy (non-hydrogen) atoms. The monoisotopic (exact) mass is 393 g/mol. The number of hydrogen-bond donors (Lipinski definition) is 1. The van der Waals surface area contributed by atoms with Crippen molar-refractivity contribution < 1.29 is 4.79 Å². The summed E-state index contributed by atoms with van der Waals surface area (Å²) >= 11 is 0. The van der Waals surface area contributed by atoms with Crippen molar-refractivity contribution in [1.82, 2.24) is 14.8 Å². The molecule has 1 aromatic carbocycles. The van der Waals surface area contributed by atoms with E-state index in [4.69, 9.17) is 0 Å². The average Bonchev–Trinajstić information content (AvgIpc) is 3.46. The van der Waals surface area contributed by atoms with Gasteiger partial charge in [0.15, 0.2) is 0 Å². The quantitative estimate of drug-likeness (QED) is 0.743. The van der Waals surface area contributed by atoms with Gasteiger partial charge in [-0.05, 0) is 81.3 Å². The predicted molar refractivity (Wildman–Crippen MR) is 118 cm³/mol. The van der Waals surface area contributed by atoms with Crippen LogP contribution >= 0.6 is 0 Å². The number of carbonyl (C=O) groups excluding carboxylic acids is 1. The Hall–Kier alpha value is -2.07. The van der Waals surface area contributed by atoms with E-state index >= 15 is 0 Å². The molecular weight excluding hydrogens is 358 g/mol. The third-order valence-electron chi connectivity index (χ3n) is 6.98. The first kappa shape index (κ1) is 20.2. The van der Waals surface area contributed by atoms with Gasteiger partial charge in [0.25, 0.3) is 5.91 Å². The van der Waals surface area contributed by atoms with Gasteiger partial charge in [0.2, 0.25) is 0 Å². The van der Waals surface area contributed by atoms with Crippen molar-refractivity contribution in [2.75, 3.05) is 26.2 Å². The van der Waals surface area contributed by atoms with Crippen LogP contribution in [0.4, 0.5) is 0 Å². The largest absolute Gasteiger partial charge is 0.357 e. The second-order valence-electron chi connectivity index (χ2n) is 8.94. The van der Waals surface area contributed by atoms with Crippen LogP contribution in [0.5, 0.6) is 0 Å². The molecule has 0 unspecified atom stereocenters. The van der Waals surface area contributed by atoms with E-state index in [0.29, 0.717) is 12.0 Å². The summed E-state index contributed by atoms with van der Waals surface area (Å²) in [6.07, 6.45) is 10.3. The molecule has 1 aliphatic carbocycles. The van der Waals surface area contributed by atoms with Gasteiger partial charge < -0.3 is 14.8 Å². The number of aryl methyl sites for hydroxylation is 1. The number of amides is 1. The SMILES string of the molecule is Cc1ccccc1CCN1CCC(CN(C(=O)c2ccc[nH]2)C2CCCC2)CC1. The highest BCUT2D eigenvalue weighted by Crippen LogP contribution is 2.28. The van der Waals surface area contributed by atoms with Crippen LogP contribution in [0, 0.1) is 12.8 Å². The highest BCUT2D eigenvalue weighted by molar-refractivity contribution is 5.92. The van der Waals surface area contributed by atoms with Crippen LogP contribution in [0.3, 0.4) is 0 Å². The fourth-order valence-electron chi connectivity index (χ4n) is 5.07. The average molecular weight is 394 g/mol. The molecule has 1 amide bonds. The normalized spacial score (nSPS) is 18.9. The summed E-state index contributed by atoms with van der Waals surface area (Å²) in [4.78, 5) is 21.0. The second kappa shape index (κ2) is 9.62. The van der Waals surface area contributed by atoms with Crippen LogP contribution < -0.4 is 0 Å². The van der Waals surface area contributed by atoms with Gasteiger partial charge >= 0.3 is 0 Å². The molecule has 0 atom stereocenters. The molecule has 1 aliphatic heterocycles. The third-order valence-corrected chi connectivity index (χ3v) is 6.98. The molecule has 2 aliphatic rings. The molecule has 0 spiro atoms. The molecule has 156 valence electrons. The predicted octanol–water partition coefficient (Wildman–Crippen LogP) is 4.66. The molecule has 1 aromatic heterocycles. The number of H-pyrrole nitrogens is 1. The summed E-state index contributed by atoms with van der Waals surface area (Å²) in [6, 6.07) is 13.0. The first-order chi connectivity index (χ1) is 14.2. The Morgan fingerprint density at radius 3 is 2.52 bits per heavy atom. The highest BCUT2D eigenvalue weighted by Gasteiger charge is 2.31. The maximum atomic E-state index is 13.1. The van der Waals surface area contributed by atoms with Crippen LogP contribution in [0.1, 0.15) is 60.1 Å². The summed E-state index contributed by atoms with van der Waals surface area (Å²) in [5.41, 5.74) is 3.61. The summed E-state index contributed by atoms with van der Waals surface area (Å²) in [7, 11) is 0. The van der Waals surface area contributed by atoms with Crippen molar-refractivity contribution in [3.63, 3.8) is 0 Å². The molecule has 1 saturated carbocycles. The number of aromatic nitrogens is 1. The molecule has 1 saturated heterocycles. The number of likely N-dealkylation sites (tertiary alicyclic amines) is 1. The highest BCUT2D eigenvalue weighted by atomic mass is 16.2. The topological polar surface area (TPSA) is 39.3 Å². The Labute approximate surface area is 175 Å². The number of piperidine rings is 1. The fourth-order valence-corrected chi connectivity index (χ4v) is 5.07. The van der Waals surface area contributed by atoms with E-state index < -0.39 is 0 Å². The lowest BCUT2D eigenvalue weighted by Gasteiger charge is -2.37. The summed E-state index contributed by atoms with van der Waals surface area (Å²) in [6.45, 7) is 6.59. The van der Waals surface area contributed by atoms with Crippen LogP contribution in [-0.4, -0.2) is 52.9 Å². The Morgan fingerprint density at radius 1 is 1.07 bits per heavy atom. The summed E-state index contributed by atoms with van der Waals surface area (Å²) < 4.78 is 0. The summed E-state index contributed by atoms with van der Waals surface area (Å²) in [5, 5.41) is 0. The van der Waals surface area contributed by atoms with E-state index in [9.17, 15) is 4.79 Å². The minimum absolute atomic E-state index is 0.198. The third kappa shape index (κ3) is 5.11. The van der Waals surface area contributed by atoms with Crippen molar-refractivity contribution in [1.29, 1.82) is 0 Å². The Kier molecular flexibility index (Phi) is 6.70. The number of carbonyl (C=O) groups is 1. The smallest absolute Gasteiger partial charge is 0.270 e. The maximum Gasteiger partial charge on any atom is 0.270 e. The lowest BCUT2D eigenvalue weighted by Crippen LogP contribution is -2.45. The van der Waals surface area contributed by atoms with E-state index in [2.05, 4.69) is 46.0 Å². The standard InChI is InChI=1S/C25H35N3O/c1-20-7-2-3-8-22(20)14-18-27-16-12-21(13-17-27)19-28(23-9-4-5-10-23)25(29)24-11-6-15-26-24/h2-3,6-8,11,15,21,23,26H,4-5,9-10,12-14,16-19H2,1H3. The van der Waals surface area contributed by atoms with Crippen LogP contribution in [0.2, 0.25) is 0 Å². The molecule has 4 rings (SSSR count). The van der Waals surface area contributed by atoms with Crippen molar-refractivity contribution >= 4 is 5.91 Å². The van der Waals surface area contributed by atoms with E-state index in [-0.39, 0.29) is 5.91 Å². The molecule has 0 radical (unpaired) electrons. The van der Waals surface area contributed by atoms with Crippen molar-refractivity contribution in [3.8, 4) is 0 Å². The zero-order valence-electron chi connectivity index (χ0n) is 17.8. The Morgan fingerprint density at radius 2 is 1.83 bits per heavy atom. The van der Waals surface area contributed by atoms with Gasteiger partial charge in [-0.2, -0.15) is 0 Å². The fraction of sp³-hybridized carbons (Fsp3) is 0.560. The van der Waals surface area contributed by atoms with Crippen molar-refractivity contribution in [3.05, 3.63) is 59.4 Å². The molecule has 0 bridgehead atoms.